The van der Waals surface area contributed by atoms with Crippen LogP contribution in [0.25, 0.3) is 0 Å². The van der Waals surface area contributed by atoms with E-state index < -0.39 is 0 Å². The molecule has 3 fully saturated rings. The van der Waals surface area contributed by atoms with Crippen molar-refractivity contribution >= 4 is 0 Å². The number of hydrogen-bond acceptors (Lipinski definition) is 1. The lowest BCUT2D eigenvalue weighted by Crippen LogP contribution is -2.50. The van der Waals surface area contributed by atoms with Crippen LogP contribution in [0.4, 0.5) is 0 Å². The smallest absolute Gasteiger partial charge is 0.0577 e. The standard InChI is InChI=1S/C30H50O/c1-8-22(19(2)3)17-20(4)21(5)26-11-12-27-25-10-9-23-18-24(31)13-15-29(23,6)28(25)14-16-30(26,27)7/h9,17,19,21-22,24-28,31H,8,10-16,18H2,1-7H3/b20-17+/t21-,22?,24-,25-,26-,27+,28+,29-,30+/m0/s1. The van der Waals surface area contributed by atoms with Gasteiger partial charge < -0.3 is 5.11 Å². The van der Waals surface area contributed by atoms with Gasteiger partial charge in [0.05, 0.1) is 6.10 Å². The summed E-state index contributed by atoms with van der Waals surface area (Å²) in [7, 11) is 0. The van der Waals surface area contributed by atoms with E-state index in [9.17, 15) is 5.11 Å². The van der Waals surface area contributed by atoms with E-state index in [-0.39, 0.29) is 6.10 Å². The Bertz CT molecular complexity index is 716. The Balaban J connectivity index is 1.55. The maximum absolute atomic E-state index is 10.3. The third kappa shape index (κ3) is 3.89. The summed E-state index contributed by atoms with van der Waals surface area (Å²) < 4.78 is 0. The first kappa shape index (κ1) is 23.6. The first-order chi connectivity index (χ1) is 14.6. The minimum absolute atomic E-state index is 0.0889. The number of hydrogen-bond donors (Lipinski definition) is 1. The van der Waals surface area contributed by atoms with Crippen molar-refractivity contribution in [2.45, 2.75) is 112 Å². The van der Waals surface area contributed by atoms with Gasteiger partial charge in [-0.1, -0.05) is 64.8 Å². The molecule has 0 spiro atoms. The monoisotopic (exact) mass is 426 g/mol. The summed E-state index contributed by atoms with van der Waals surface area (Å²) in [5.41, 5.74) is 4.16. The van der Waals surface area contributed by atoms with Gasteiger partial charge in [0.2, 0.25) is 0 Å². The van der Waals surface area contributed by atoms with Crippen molar-refractivity contribution in [3.8, 4) is 0 Å². The molecule has 0 heterocycles. The predicted octanol–water partition coefficient (Wildman–Crippen LogP) is 8.19. The Hall–Kier alpha value is -0.560. The topological polar surface area (TPSA) is 20.2 Å². The molecule has 0 aromatic heterocycles. The molecule has 0 aliphatic heterocycles. The van der Waals surface area contributed by atoms with Gasteiger partial charge in [0.15, 0.2) is 0 Å². The highest BCUT2D eigenvalue weighted by Gasteiger charge is 2.59. The second kappa shape index (κ2) is 8.66. The van der Waals surface area contributed by atoms with E-state index in [1.54, 1.807) is 11.1 Å². The zero-order chi connectivity index (χ0) is 22.6. The molecule has 0 saturated heterocycles. The van der Waals surface area contributed by atoms with Crippen molar-refractivity contribution < 1.29 is 5.11 Å². The van der Waals surface area contributed by atoms with Gasteiger partial charge >= 0.3 is 0 Å². The van der Waals surface area contributed by atoms with Crippen LogP contribution in [0.1, 0.15) is 106 Å². The third-order valence-electron chi connectivity index (χ3n) is 11.3. The fourth-order valence-electron chi connectivity index (χ4n) is 9.09. The van der Waals surface area contributed by atoms with Crippen LogP contribution in [0.5, 0.6) is 0 Å². The van der Waals surface area contributed by atoms with Crippen molar-refractivity contribution in [1.29, 1.82) is 0 Å². The Morgan fingerprint density at radius 2 is 1.84 bits per heavy atom. The van der Waals surface area contributed by atoms with E-state index in [0.717, 1.165) is 54.3 Å². The molecule has 176 valence electrons. The lowest BCUT2D eigenvalue weighted by Gasteiger charge is -2.58. The van der Waals surface area contributed by atoms with Gasteiger partial charge in [0.25, 0.3) is 0 Å². The summed E-state index contributed by atoms with van der Waals surface area (Å²) in [6.07, 6.45) is 16.6. The molecule has 1 unspecified atom stereocenters. The molecule has 3 saturated carbocycles. The van der Waals surface area contributed by atoms with E-state index in [0.29, 0.717) is 10.8 Å². The summed E-state index contributed by atoms with van der Waals surface area (Å²) in [5, 5.41) is 10.3. The van der Waals surface area contributed by atoms with Gasteiger partial charge in [0, 0.05) is 0 Å². The number of aliphatic hydroxyl groups excluding tert-OH is 1. The normalized spacial score (nSPS) is 44.9. The maximum Gasteiger partial charge on any atom is 0.0577 e. The molecular weight excluding hydrogens is 376 g/mol. The minimum Gasteiger partial charge on any atom is -0.393 e. The van der Waals surface area contributed by atoms with Gasteiger partial charge in [-0.3, -0.25) is 0 Å². The van der Waals surface area contributed by atoms with Gasteiger partial charge in [-0.15, -0.1) is 0 Å². The average Bonchev–Trinajstić information content (AvgIpc) is 3.08. The maximum atomic E-state index is 10.3. The van der Waals surface area contributed by atoms with Crippen LogP contribution in [0, 0.1) is 52.3 Å². The number of fused-ring (bicyclic) bond motifs is 5. The molecule has 0 bridgehead atoms. The molecule has 1 nitrogen and oxygen atoms in total. The lowest BCUT2D eigenvalue weighted by atomic mass is 9.47. The average molecular weight is 427 g/mol. The van der Waals surface area contributed by atoms with Gasteiger partial charge in [-0.25, -0.2) is 0 Å². The van der Waals surface area contributed by atoms with E-state index in [1.165, 1.54) is 44.9 Å². The Morgan fingerprint density at radius 3 is 2.52 bits per heavy atom. The molecule has 9 atom stereocenters. The highest BCUT2D eigenvalue weighted by molar-refractivity contribution is 5.25. The predicted molar refractivity (Wildman–Crippen MR) is 133 cm³/mol. The Labute approximate surface area is 193 Å². The van der Waals surface area contributed by atoms with Crippen molar-refractivity contribution in [1.82, 2.24) is 0 Å². The molecule has 0 aromatic carbocycles. The minimum atomic E-state index is -0.0889. The quantitative estimate of drug-likeness (QED) is 0.439. The molecule has 0 radical (unpaired) electrons. The van der Waals surface area contributed by atoms with Crippen molar-refractivity contribution in [2.75, 3.05) is 0 Å². The highest BCUT2D eigenvalue weighted by Crippen LogP contribution is 2.67. The largest absolute Gasteiger partial charge is 0.393 e. The van der Waals surface area contributed by atoms with Gasteiger partial charge in [-0.2, -0.15) is 0 Å². The van der Waals surface area contributed by atoms with E-state index in [4.69, 9.17) is 0 Å². The molecule has 0 aromatic rings. The highest BCUT2D eigenvalue weighted by atomic mass is 16.3. The third-order valence-corrected chi connectivity index (χ3v) is 11.3. The first-order valence-electron chi connectivity index (χ1n) is 13.7. The van der Waals surface area contributed by atoms with Crippen LogP contribution < -0.4 is 0 Å². The summed E-state index contributed by atoms with van der Waals surface area (Å²) in [5.74, 6) is 5.68. The summed E-state index contributed by atoms with van der Waals surface area (Å²) in [4.78, 5) is 0. The van der Waals surface area contributed by atoms with Gasteiger partial charge in [-0.05, 0) is 117 Å². The molecule has 4 aliphatic carbocycles. The fourth-order valence-corrected chi connectivity index (χ4v) is 9.09. The molecule has 4 rings (SSSR count). The SMILES string of the molecule is CCC(/C=C(\C)[C@H](C)[C@@H]1CC[C@@H]2[C@@H]3CC=C4C[C@@H](O)CC[C@]4(C)[C@@H]3CC[C@@]21C)C(C)C. The van der Waals surface area contributed by atoms with Crippen LogP contribution in [0.15, 0.2) is 23.3 Å². The van der Waals surface area contributed by atoms with Crippen molar-refractivity contribution in [3.63, 3.8) is 0 Å². The fraction of sp³-hybridized carbons (Fsp3) is 0.867. The van der Waals surface area contributed by atoms with E-state index >= 15 is 0 Å². The van der Waals surface area contributed by atoms with Crippen molar-refractivity contribution in [2.24, 2.45) is 52.3 Å². The summed E-state index contributed by atoms with van der Waals surface area (Å²) >= 11 is 0. The zero-order valence-electron chi connectivity index (χ0n) is 21.6. The van der Waals surface area contributed by atoms with Crippen LogP contribution in [0.3, 0.4) is 0 Å². The number of aliphatic hydroxyl groups is 1. The van der Waals surface area contributed by atoms with Crippen LogP contribution in [-0.4, -0.2) is 11.2 Å². The van der Waals surface area contributed by atoms with Crippen LogP contribution in [-0.2, 0) is 0 Å². The second-order valence-corrected chi connectivity index (χ2v) is 12.9. The second-order valence-electron chi connectivity index (χ2n) is 12.9. The van der Waals surface area contributed by atoms with Gasteiger partial charge in [0.1, 0.15) is 0 Å². The van der Waals surface area contributed by atoms with Crippen LogP contribution in [0.2, 0.25) is 0 Å². The Morgan fingerprint density at radius 1 is 1.10 bits per heavy atom. The molecule has 1 N–H and O–H groups in total. The number of allylic oxidation sites excluding steroid dienone is 3. The van der Waals surface area contributed by atoms with E-state index in [1.807, 2.05) is 0 Å². The van der Waals surface area contributed by atoms with Crippen LogP contribution >= 0.6 is 0 Å². The Kier molecular flexibility index (Phi) is 6.59. The summed E-state index contributed by atoms with van der Waals surface area (Å²) in [6.45, 7) is 17.3. The van der Waals surface area contributed by atoms with Crippen molar-refractivity contribution in [3.05, 3.63) is 23.3 Å². The molecular formula is C30H50O. The molecule has 31 heavy (non-hydrogen) atoms. The van der Waals surface area contributed by atoms with E-state index in [2.05, 4.69) is 60.6 Å². The zero-order valence-corrected chi connectivity index (χ0v) is 21.6. The lowest BCUT2D eigenvalue weighted by molar-refractivity contribution is -0.0546. The number of rotatable bonds is 5. The summed E-state index contributed by atoms with van der Waals surface area (Å²) in [6, 6.07) is 0. The molecule has 4 aliphatic rings. The first-order valence-corrected chi connectivity index (χ1v) is 13.7. The molecule has 1 heteroatoms. The molecule has 0 amide bonds.